The van der Waals surface area contributed by atoms with Crippen molar-refractivity contribution in [3.05, 3.63) is 29.6 Å². The highest BCUT2D eigenvalue weighted by Crippen LogP contribution is 2.37. The number of nitrogens with one attached hydrogen (secondary N) is 1. The quantitative estimate of drug-likeness (QED) is 0.867. The SMILES string of the molecule is COc1cc(C2=CC[C@@H]3CNC[C@@H]3C2)cnc1C. The van der Waals surface area contributed by atoms with E-state index in [0.29, 0.717) is 0 Å². The third kappa shape index (κ3) is 2.03. The molecule has 0 radical (unpaired) electrons. The molecule has 0 unspecified atom stereocenters. The Labute approximate surface area is 108 Å². The number of hydrogen-bond donors (Lipinski definition) is 1. The summed E-state index contributed by atoms with van der Waals surface area (Å²) >= 11 is 0. The van der Waals surface area contributed by atoms with Crippen molar-refractivity contribution in [3.8, 4) is 5.75 Å². The molecule has 1 saturated heterocycles. The lowest BCUT2D eigenvalue weighted by molar-refractivity contribution is 0.407. The van der Waals surface area contributed by atoms with Crippen molar-refractivity contribution in [1.82, 2.24) is 10.3 Å². The standard InChI is InChI=1S/C15H20N2O/c1-10-15(18-2)6-14(9-17-10)11-3-4-12-7-16-8-13(12)5-11/h3,6,9,12-13,16H,4-5,7-8H2,1-2H3/t12-,13+/m1/s1. The van der Waals surface area contributed by atoms with E-state index in [9.17, 15) is 0 Å². The molecule has 2 heterocycles. The van der Waals surface area contributed by atoms with Crippen LogP contribution in [0.3, 0.4) is 0 Å². The van der Waals surface area contributed by atoms with Crippen molar-refractivity contribution in [1.29, 1.82) is 0 Å². The van der Waals surface area contributed by atoms with E-state index in [1.54, 1.807) is 7.11 Å². The lowest BCUT2D eigenvalue weighted by atomic mass is 9.80. The van der Waals surface area contributed by atoms with E-state index >= 15 is 0 Å². The molecule has 3 heteroatoms. The number of methoxy groups -OCH3 is 1. The minimum atomic E-state index is 0.803. The number of nitrogens with zero attached hydrogens (tertiary/aromatic N) is 1. The third-order valence-electron chi connectivity index (χ3n) is 4.26. The molecule has 0 spiro atoms. The highest BCUT2D eigenvalue weighted by molar-refractivity contribution is 5.67. The molecule has 0 bridgehead atoms. The predicted molar refractivity (Wildman–Crippen MR) is 72.6 cm³/mol. The van der Waals surface area contributed by atoms with Gasteiger partial charge in [-0.1, -0.05) is 6.08 Å². The van der Waals surface area contributed by atoms with Crippen LogP contribution in [0.25, 0.3) is 5.57 Å². The molecule has 0 aromatic carbocycles. The number of aromatic nitrogens is 1. The summed E-state index contributed by atoms with van der Waals surface area (Å²) in [6.45, 7) is 4.33. The zero-order valence-corrected chi connectivity index (χ0v) is 11.1. The highest BCUT2D eigenvalue weighted by atomic mass is 16.5. The predicted octanol–water partition coefficient (Wildman–Crippen LogP) is 2.41. The van der Waals surface area contributed by atoms with Gasteiger partial charge in [-0.05, 0) is 61.9 Å². The first-order valence-corrected chi connectivity index (χ1v) is 6.68. The highest BCUT2D eigenvalue weighted by Gasteiger charge is 2.30. The van der Waals surface area contributed by atoms with E-state index in [-0.39, 0.29) is 0 Å². The second-order valence-electron chi connectivity index (χ2n) is 5.36. The normalized spacial score (nSPS) is 26.7. The number of fused-ring (bicyclic) bond motifs is 1. The summed E-state index contributed by atoms with van der Waals surface area (Å²) in [6.07, 6.45) is 6.74. The zero-order valence-electron chi connectivity index (χ0n) is 11.1. The summed E-state index contributed by atoms with van der Waals surface area (Å²) < 4.78 is 5.36. The van der Waals surface area contributed by atoms with Gasteiger partial charge in [-0.3, -0.25) is 4.98 Å². The Kier molecular flexibility index (Phi) is 3.08. The van der Waals surface area contributed by atoms with E-state index in [2.05, 4.69) is 22.4 Å². The van der Waals surface area contributed by atoms with E-state index < -0.39 is 0 Å². The summed E-state index contributed by atoms with van der Waals surface area (Å²) in [5, 5.41) is 3.49. The van der Waals surface area contributed by atoms with Crippen molar-refractivity contribution in [2.75, 3.05) is 20.2 Å². The first-order chi connectivity index (χ1) is 8.78. The van der Waals surface area contributed by atoms with Gasteiger partial charge in [-0.2, -0.15) is 0 Å². The van der Waals surface area contributed by atoms with Gasteiger partial charge in [0.1, 0.15) is 5.75 Å². The Morgan fingerprint density at radius 1 is 1.33 bits per heavy atom. The second-order valence-corrected chi connectivity index (χ2v) is 5.36. The average molecular weight is 244 g/mol. The van der Waals surface area contributed by atoms with Gasteiger partial charge in [-0.25, -0.2) is 0 Å². The zero-order chi connectivity index (χ0) is 12.5. The number of hydrogen-bond acceptors (Lipinski definition) is 3. The van der Waals surface area contributed by atoms with Crippen LogP contribution in [0.2, 0.25) is 0 Å². The number of pyridine rings is 1. The maximum Gasteiger partial charge on any atom is 0.140 e. The van der Waals surface area contributed by atoms with Crippen molar-refractivity contribution >= 4 is 5.57 Å². The van der Waals surface area contributed by atoms with Gasteiger partial charge in [0.15, 0.2) is 0 Å². The molecule has 1 aliphatic heterocycles. The maximum atomic E-state index is 5.36. The Balaban J connectivity index is 1.86. The summed E-state index contributed by atoms with van der Waals surface area (Å²) in [7, 11) is 1.71. The van der Waals surface area contributed by atoms with Crippen molar-refractivity contribution in [2.24, 2.45) is 11.8 Å². The summed E-state index contributed by atoms with van der Waals surface area (Å²) in [5.41, 5.74) is 3.62. The topological polar surface area (TPSA) is 34.1 Å². The Morgan fingerprint density at radius 3 is 3.00 bits per heavy atom. The van der Waals surface area contributed by atoms with Gasteiger partial charge < -0.3 is 10.1 Å². The summed E-state index contributed by atoms with van der Waals surface area (Å²) in [5.74, 6) is 2.53. The van der Waals surface area contributed by atoms with Crippen LogP contribution in [0.15, 0.2) is 18.3 Å². The second kappa shape index (κ2) is 4.73. The van der Waals surface area contributed by atoms with Crippen LogP contribution in [0.4, 0.5) is 0 Å². The van der Waals surface area contributed by atoms with Gasteiger partial charge in [0, 0.05) is 6.20 Å². The minimum absolute atomic E-state index is 0.803. The number of allylic oxidation sites excluding steroid dienone is 2. The number of aryl methyl sites for hydroxylation is 1. The summed E-state index contributed by atoms with van der Waals surface area (Å²) in [4.78, 5) is 4.43. The van der Waals surface area contributed by atoms with Crippen LogP contribution in [0.1, 0.15) is 24.1 Å². The molecule has 0 saturated carbocycles. The lowest BCUT2D eigenvalue weighted by Gasteiger charge is -2.24. The molecule has 1 aliphatic carbocycles. The largest absolute Gasteiger partial charge is 0.495 e. The van der Waals surface area contributed by atoms with Crippen LogP contribution in [0, 0.1) is 18.8 Å². The molecule has 0 amide bonds. The van der Waals surface area contributed by atoms with Crippen LogP contribution >= 0.6 is 0 Å². The third-order valence-corrected chi connectivity index (χ3v) is 4.26. The molecule has 18 heavy (non-hydrogen) atoms. The molecule has 3 nitrogen and oxygen atoms in total. The molecule has 2 atom stereocenters. The van der Waals surface area contributed by atoms with Crippen molar-refractivity contribution < 1.29 is 4.74 Å². The van der Waals surface area contributed by atoms with Gasteiger partial charge in [0.05, 0.1) is 12.8 Å². The average Bonchev–Trinajstić information content (AvgIpc) is 2.86. The van der Waals surface area contributed by atoms with Gasteiger partial charge in [-0.15, -0.1) is 0 Å². The van der Waals surface area contributed by atoms with Crippen LogP contribution < -0.4 is 10.1 Å². The molecule has 2 aliphatic rings. The van der Waals surface area contributed by atoms with E-state index in [1.165, 1.54) is 37.1 Å². The first-order valence-electron chi connectivity index (χ1n) is 6.68. The molecule has 1 fully saturated rings. The Hall–Kier alpha value is -1.35. The van der Waals surface area contributed by atoms with Crippen molar-refractivity contribution in [3.63, 3.8) is 0 Å². The van der Waals surface area contributed by atoms with Crippen LogP contribution in [0.5, 0.6) is 5.75 Å². The molecule has 96 valence electrons. The molecule has 1 aromatic rings. The summed E-state index contributed by atoms with van der Waals surface area (Å²) in [6, 6.07) is 2.12. The van der Waals surface area contributed by atoms with E-state index in [1.807, 2.05) is 13.1 Å². The molecule has 1 N–H and O–H groups in total. The van der Waals surface area contributed by atoms with Crippen LogP contribution in [-0.4, -0.2) is 25.2 Å². The molecular weight excluding hydrogens is 224 g/mol. The monoisotopic (exact) mass is 244 g/mol. The number of rotatable bonds is 2. The smallest absolute Gasteiger partial charge is 0.140 e. The fraction of sp³-hybridized carbons (Fsp3) is 0.533. The number of ether oxygens (including phenoxy) is 1. The molecule has 3 rings (SSSR count). The minimum Gasteiger partial charge on any atom is -0.495 e. The maximum absolute atomic E-state index is 5.36. The van der Waals surface area contributed by atoms with Crippen molar-refractivity contribution in [2.45, 2.75) is 19.8 Å². The molecular formula is C15H20N2O. The fourth-order valence-corrected chi connectivity index (χ4v) is 3.09. The van der Waals surface area contributed by atoms with E-state index in [4.69, 9.17) is 4.74 Å². The lowest BCUT2D eigenvalue weighted by Crippen LogP contribution is -2.16. The Morgan fingerprint density at radius 2 is 2.17 bits per heavy atom. The fourth-order valence-electron chi connectivity index (χ4n) is 3.09. The van der Waals surface area contributed by atoms with E-state index in [0.717, 1.165) is 23.3 Å². The molecule has 1 aromatic heterocycles. The Bertz CT molecular complexity index is 481. The van der Waals surface area contributed by atoms with Gasteiger partial charge in [0.25, 0.3) is 0 Å². The first kappa shape index (κ1) is 11.7. The van der Waals surface area contributed by atoms with Crippen LogP contribution in [-0.2, 0) is 0 Å². The van der Waals surface area contributed by atoms with Gasteiger partial charge in [0.2, 0.25) is 0 Å². The van der Waals surface area contributed by atoms with Gasteiger partial charge >= 0.3 is 0 Å².